The lowest BCUT2D eigenvalue weighted by Gasteiger charge is -2.27. The molecular formula is C15H22FNO3. The predicted octanol–water partition coefficient (Wildman–Crippen LogP) is 2.57. The van der Waals surface area contributed by atoms with Gasteiger partial charge < -0.3 is 19.5 Å². The second kappa shape index (κ2) is 5.97. The molecule has 0 aliphatic carbocycles. The van der Waals surface area contributed by atoms with Gasteiger partial charge in [-0.3, -0.25) is 0 Å². The Morgan fingerprint density at radius 1 is 1.30 bits per heavy atom. The van der Waals surface area contributed by atoms with E-state index >= 15 is 0 Å². The van der Waals surface area contributed by atoms with Gasteiger partial charge in [0.2, 0.25) is 0 Å². The third kappa shape index (κ3) is 3.04. The van der Waals surface area contributed by atoms with Crippen LogP contribution in [0.15, 0.2) is 12.1 Å². The number of hydrogen-bond acceptors (Lipinski definition) is 4. The number of nitrogens with one attached hydrogen (secondary N) is 1. The van der Waals surface area contributed by atoms with Crippen LogP contribution in [0, 0.1) is 0 Å². The van der Waals surface area contributed by atoms with Crippen molar-refractivity contribution in [3.05, 3.63) is 23.3 Å². The Morgan fingerprint density at radius 3 is 2.55 bits per heavy atom. The molecule has 0 aromatic heterocycles. The summed E-state index contributed by atoms with van der Waals surface area (Å²) < 4.78 is 30.8. The Kier molecular flexibility index (Phi) is 4.50. The summed E-state index contributed by atoms with van der Waals surface area (Å²) in [7, 11) is 3.07. The highest BCUT2D eigenvalue weighted by molar-refractivity contribution is 5.52. The van der Waals surface area contributed by atoms with Gasteiger partial charge in [0.25, 0.3) is 0 Å². The zero-order chi connectivity index (χ0) is 14.8. The highest BCUT2D eigenvalue weighted by Crippen LogP contribution is 2.42. The van der Waals surface area contributed by atoms with Crippen LogP contribution >= 0.6 is 0 Å². The number of alkyl halides is 1. The van der Waals surface area contributed by atoms with Crippen LogP contribution in [0.1, 0.15) is 31.1 Å². The zero-order valence-electron chi connectivity index (χ0n) is 12.5. The molecule has 1 unspecified atom stereocenters. The molecule has 112 valence electrons. The molecule has 1 aliphatic heterocycles. The second-order valence-electron chi connectivity index (χ2n) is 5.34. The summed E-state index contributed by atoms with van der Waals surface area (Å²) in [5.41, 5.74) is -0.143. The van der Waals surface area contributed by atoms with Gasteiger partial charge >= 0.3 is 0 Å². The molecule has 1 atom stereocenters. The van der Waals surface area contributed by atoms with Gasteiger partial charge in [-0.25, -0.2) is 4.39 Å². The van der Waals surface area contributed by atoms with Crippen molar-refractivity contribution in [3.8, 4) is 11.5 Å². The molecule has 0 radical (unpaired) electrons. The average molecular weight is 283 g/mol. The van der Waals surface area contributed by atoms with Crippen LogP contribution in [0.25, 0.3) is 0 Å². The number of benzene rings is 1. The van der Waals surface area contributed by atoms with Gasteiger partial charge in [0.1, 0.15) is 5.67 Å². The first-order chi connectivity index (χ1) is 9.47. The fourth-order valence-electron chi connectivity index (χ4n) is 2.39. The Morgan fingerprint density at radius 2 is 2.05 bits per heavy atom. The maximum absolute atomic E-state index is 14.4. The highest BCUT2D eigenvalue weighted by Gasteiger charge is 2.29. The molecule has 2 rings (SSSR count). The molecule has 0 amide bonds. The average Bonchev–Trinajstić information content (AvgIpc) is 2.45. The smallest absolute Gasteiger partial charge is 0.167 e. The Bertz CT molecular complexity index is 465. The van der Waals surface area contributed by atoms with E-state index in [1.54, 1.807) is 13.2 Å². The van der Waals surface area contributed by atoms with Crippen LogP contribution in [0.2, 0.25) is 0 Å². The normalized spacial score (nSPS) is 19.8. The first kappa shape index (κ1) is 15.1. The highest BCUT2D eigenvalue weighted by atomic mass is 19.1. The summed E-state index contributed by atoms with van der Waals surface area (Å²) >= 11 is 0. The maximum atomic E-state index is 14.4. The maximum Gasteiger partial charge on any atom is 0.167 e. The lowest BCUT2D eigenvalue weighted by Crippen LogP contribution is -2.33. The zero-order valence-corrected chi connectivity index (χ0v) is 12.5. The molecule has 5 heteroatoms. The van der Waals surface area contributed by atoms with Gasteiger partial charge in [-0.1, -0.05) is 0 Å². The molecule has 1 aromatic rings. The summed E-state index contributed by atoms with van der Waals surface area (Å²) in [5, 5.41) is 3.27. The van der Waals surface area contributed by atoms with Crippen molar-refractivity contribution in [2.24, 2.45) is 0 Å². The van der Waals surface area contributed by atoms with Gasteiger partial charge in [0.05, 0.1) is 26.9 Å². The second-order valence-corrected chi connectivity index (χ2v) is 5.34. The minimum atomic E-state index is -1.52. The fourth-order valence-corrected chi connectivity index (χ4v) is 2.39. The van der Waals surface area contributed by atoms with Gasteiger partial charge in [-0.2, -0.15) is 0 Å². The quantitative estimate of drug-likeness (QED) is 0.922. The monoisotopic (exact) mass is 283 g/mol. The van der Waals surface area contributed by atoms with E-state index in [1.807, 2.05) is 6.07 Å². The largest absolute Gasteiger partial charge is 0.493 e. The van der Waals surface area contributed by atoms with Crippen molar-refractivity contribution in [2.75, 3.05) is 33.9 Å². The summed E-state index contributed by atoms with van der Waals surface area (Å²) in [4.78, 5) is 0. The minimum Gasteiger partial charge on any atom is -0.493 e. The van der Waals surface area contributed by atoms with Crippen molar-refractivity contribution >= 4 is 0 Å². The third-order valence-electron chi connectivity index (χ3n) is 3.44. The van der Waals surface area contributed by atoms with Gasteiger partial charge in [0.15, 0.2) is 11.5 Å². The molecule has 1 N–H and O–H groups in total. The van der Waals surface area contributed by atoms with Gasteiger partial charge in [-0.05, 0) is 31.5 Å². The Hall–Kier alpha value is -1.33. The van der Waals surface area contributed by atoms with E-state index in [-0.39, 0.29) is 6.10 Å². The predicted molar refractivity (Wildman–Crippen MR) is 75.2 cm³/mol. The van der Waals surface area contributed by atoms with E-state index in [9.17, 15) is 4.39 Å². The number of rotatable bonds is 4. The standard InChI is InChI=1S/C15H22FNO3/c1-15(2,16)11-7-10(13-9-17-5-6-20-13)8-12(18-3)14(11)19-4/h7-8,13,17H,5-6,9H2,1-4H3. The number of halogens is 1. The molecule has 0 saturated carbocycles. The van der Waals surface area contributed by atoms with Crippen LogP contribution < -0.4 is 14.8 Å². The molecule has 0 bridgehead atoms. The van der Waals surface area contributed by atoms with Crippen molar-refractivity contribution in [2.45, 2.75) is 25.6 Å². The first-order valence-corrected chi connectivity index (χ1v) is 6.75. The first-order valence-electron chi connectivity index (χ1n) is 6.75. The summed E-state index contributed by atoms with van der Waals surface area (Å²) in [5.74, 6) is 0.965. The Labute approximate surface area is 119 Å². The van der Waals surface area contributed by atoms with E-state index in [0.29, 0.717) is 30.2 Å². The van der Waals surface area contributed by atoms with E-state index in [0.717, 1.165) is 12.1 Å². The van der Waals surface area contributed by atoms with Crippen LogP contribution in [-0.4, -0.2) is 33.9 Å². The Balaban J connectivity index is 2.48. The number of methoxy groups -OCH3 is 2. The lowest BCUT2D eigenvalue weighted by molar-refractivity contribution is 0.0273. The van der Waals surface area contributed by atoms with Gasteiger partial charge in [0, 0.05) is 18.7 Å². The molecule has 4 nitrogen and oxygen atoms in total. The minimum absolute atomic E-state index is 0.0929. The van der Waals surface area contributed by atoms with E-state index in [1.165, 1.54) is 21.0 Å². The van der Waals surface area contributed by atoms with E-state index < -0.39 is 5.67 Å². The fraction of sp³-hybridized carbons (Fsp3) is 0.600. The molecule has 1 aliphatic rings. The van der Waals surface area contributed by atoms with Crippen LogP contribution in [0.3, 0.4) is 0 Å². The summed E-state index contributed by atoms with van der Waals surface area (Å²) in [6.45, 7) is 5.21. The molecule has 1 aromatic carbocycles. The van der Waals surface area contributed by atoms with Crippen molar-refractivity contribution in [1.29, 1.82) is 0 Å². The van der Waals surface area contributed by atoms with Crippen LogP contribution in [-0.2, 0) is 10.4 Å². The van der Waals surface area contributed by atoms with E-state index in [2.05, 4.69) is 5.32 Å². The molecule has 20 heavy (non-hydrogen) atoms. The summed E-state index contributed by atoms with van der Waals surface area (Å²) in [6.07, 6.45) is -0.0929. The number of ether oxygens (including phenoxy) is 3. The third-order valence-corrected chi connectivity index (χ3v) is 3.44. The molecular weight excluding hydrogens is 261 g/mol. The van der Waals surface area contributed by atoms with Crippen LogP contribution in [0.5, 0.6) is 11.5 Å². The summed E-state index contributed by atoms with van der Waals surface area (Å²) in [6, 6.07) is 3.66. The van der Waals surface area contributed by atoms with Crippen LogP contribution in [0.4, 0.5) is 4.39 Å². The lowest BCUT2D eigenvalue weighted by atomic mass is 9.94. The number of hydrogen-bond donors (Lipinski definition) is 1. The van der Waals surface area contributed by atoms with Gasteiger partial charge in [-0.15, -0.1) is 0 Å². The van der Waals surface area contributed by atoms with Crippen molar-refractivity contribution in [1.82, 2.24) is 5.32 Å². The van der Waals surface area contributed by atoms with Crippen molar-refractivity contribution in [3.63, 3.8) is 0 Å². The SMILES string of the molecule is COc1cc(C2CNCCO2)cc(C(C)(C)F)c1OC. The molecule has 1 fully saturated rings. The van der Waals surface area contributed by atoms with Crippen molar-refractivity contribution < 1.29 is 18.6 Å². The topological polar surface area (TPSA) is 39.7 Å². The van der Waals surface area contributed by atoms with E-state index in [4.69, 9.17) is 14.2 Å². The molecule has 0 spiro atoms. The molecule has 1 saturated heterocycles. The number of morpholine rings is 1. The molecule has 1 heterocycles.